The molecule has 1 unspecified atom stereocenters. The summed E-state index contributed by atoms with van der Waals surface area (Å²) in [6, 6.07) is 7.77. The average molecular weight is 367 g/mol. The van der Waals surface area contributed by atoms with Crippen LogP contribution in [-0.4, -0.2) is 55.9 Å². The van der Waals surface area contributed by atoms with Crippen LogP contribution in [0.15, 0.2) is 41.6 Å². The minimum Gasteiger partial charge on any atom is -0.375 e. The van der Waals surface area contributed by atoms with Gasteiger partial charge in [0.2, 0.25) is 5.91 Å². The van der Waals surface area contributed by atoms with E-state index in [2.05, 4.69) is 10.1 Å². The fourth-order valence-corrected chi connectivity index (χ4v) is 3.33. The minimum atomic E-state index is -0.269. The highest BCUT2D eigenvalue weighted by molar-refractivity contribution is 5.78. The lowest BCUT2D eigenvalue weighted by Crippen LogP contribution is -2.46. The van der Waals surface area contributed by atoms with Gasteiger partial charge in [-0.25, -0.2) is 9.67 Å². The van der Waals surface area contributed by atoms with Crippen molar-refractivity contribution in [2.24, 2.45) is 0 Å². The van der Waals surface area contributed by atoms with Gasteiger partial charge in [0, 0.05) is 13.1 Å². The lowest BCUT2D eigenvalue weighted by atomic mass is 10.2. The monoisotopic (exact) mass is 367 g/mol. The molecule has 1 aromatic carbocycles. The van der Waals surface area contributed by atoms with Crippen molar-refractivity contribution < 1.29 is 9.53 Å². The highest BCUT2D eigenvalue weighted by Gasteiger charge is 2.22. The predicted molar refractivity (Wildman–Crippen MR) is 99.9 cm³/mol. The van der Waals surface area contributed by atoms with Gasteiger partial charge in [0.1, 0.15) is 18.3 Å². The van der Waals surface area contributed by atoms with Crippen molar-refractivity contribution in [1.29, 1.82) is 0 Å². The number of rotatable bonds is 3. The number of benzene rings is 1. The first kappa shape index (κ1) is 17.4. The fourth-order valence-electron chi connectivity index (χ4n) is 3.33. The number of carbonyl (C=O) groups is 1. The van der Waals surface area contributed by atoms with E-state index in [1.165, 1.54) is 17.1 Å². The number of nitrogens with zero attached hydrogens (tertiary/aromatic N) is 5. The molecule has 0 bridgehead atoms. The molecule has 1 saturated heterocycles. The zero-order valence-electron chi connectivity index (χ0n) is 15.3. The molecule has 0 aliphatic carbocycles. The molecular formula is C19H21N5O3. The van der Waals surface area contributed by atoms with Crippen LogP contribution in [0.5, 0.6) is 0 Å². The second-order valence-electron chi connectivity index (χ2n) is 6.78. The standard InChI is InChI=1S/C19H21N5O3/c1-13-5-3-4-6-16(13)24-18-15(9-21-24)19(26)23(12-20-18)11-17(25)22-7-8-27-14(2)10-22/h3-6,9,12,14H,7-8,10-11H2,1-2H3. The molecule has 8 nitrogen and oxygen atoms in total. The third kappa shape index (κ3) is 3.23. The Kier molecular flexibility index (Phi) is 4.49. The molecule has 1 amide bonds. The lowest BCUT2D eigenvalue weighted by molar-refractivity contribution is -0.138. The maximum Gasteiger partial charge on any atom is 0.264 e. The first-order valence-electron chi connectivity index (χ1n) is 8.93. The van der Waals surface area contributed by atoms with Crippen molar-refractivity contribution in [3.63, 3.8) is 0 Å². The highest BCUT2D eigenvalue weighted by Crippen LogP contribution is 2.17. The zero-order chi connectivity index (χ0) is 19.0. The van der Waals surface area contributed by atoms with Crippen LogP contribution >= 0.6 is 0 Å². The number of morpholine rings is 1. The van der Waals surface area contributed by atoms with Crippen molar-refractivity contribution in [2.75, 3.05) is 19.7 Å². The van der Waals surface area contributed by atoms with E-state index in [1.807, 2.05) is 38.1 Å². The molecule has 4 rings (SSSR count). The Hall–Kier alpha value is -3.00. The third-order valence-electron chi connectivity index (χ3n) is 4.80. The summed E-state index contributed by atoms with van der Waals surface area (Å²) < 4.78 is 8.46. The number of hydrogen-bond acceptors (Lipinski definition) is 5. The van der Waals surface area contributed by atoms with E-state index in [-0.39, 0.29) is 24.1 Å². The number of carbonyl (C=O) groups excluding carboxylic acids is 1. The Balaban J connectivity index is 1.65. The van der Waals surface area contributed by atoms with Crippen LogP contribution in [0.1, 0.15) is 12.5 Å². The van der Waals surface area contributed by atoms with Crippen LogP contribution in [0.3, 0.4) is 0 Å². The Morgan fingerprint density at radius 1 is 1.33 bits per heavy atom. The SMILES string of the molecule is Cc1ccccc1-n1ncc2c(=O)n(CC(=O)N3CCOC(C)C3)cnc21. The van der Waals surface area contributed by atoms with Gasteiger partial charge in [0.05, 0.1) is 24.6 Å². The highest BCUT2D eigenvalue weighted by atomic mass is 16.5. The number of hydrogen-bond donors (Lipinski definition) is 0. The van der Waals surface area contributed by atoms with E-state index >= 15 is 0 Å². The number of ether oxygens (including phenoxy) is 1. The molecule has 27 heavy (non-hydrogen) atoms. The predicted octanol–water partition coefficient (Wildman–Crippen LogP) is 1.14. The van der Waals surface area contributed by atoms with Gasteiger partial charge in [-0.3, -0.25) is 14.2 Å². The molecule has 1 fully saturated rings. The van der Waals surface area contributed by atoms with Crippen molar-refractivity contribution in [3.05, 3.63) is 52.7 Å². The Morgan fingerprint density at radius 2 is 2.15 bits per heavy atom. The summed E-state index contributed by atoms with van der Waals surface area (Å²) in [5.41, 5.74) is 2.12. The maximum atomic E-state index is 12.8. The molecule has 3 aromatic rings. The van der Waals surface area contributed by atoms with Crippen molar-refractivity contribution in [3.8, 4) is 5.69 Å². The normalized spacial score (nSPS) is 17.4. The van der Waals surface area contributed by atoms with Crippen LogP contribution in [0.4, 0.5) is 0 Å². The molecule has 1 aliphatic heterocycles. The van der Waals surface area contributed by atoms with Gasteiger partial charge >= 0.3 is 0 Å². The van der Waals surface area contributed by atoms with Crippen LogP contribution < -0.4 is 5.56 Å². The number of aromatic nitrogens is 4. The number of amides is 1. The minimum absolute atomic E-state index is 0.00683. The molecule has 140 valence electrons. The second-order valence-corrected chi connectivity index (χ2v) is 6.78. The topological polar surface area (TPSA) is 82.2 Å². The average Bonchev–Trinajstić information content (AvgIpc) is 3.09. The van der Waals surface area contributed by atoms with Crippen molar-refractivity contribution >= 4 is 16.9 Å². The zero-order valence-corrected chi connectivity index (χ0v) is 15.3. The van der Waals surface area contributed by atoms with Gasteiger partial charge in [-0.15, -0.1) is 0 Å². The second kappa shape index (κ2) is 6.96. The van der Waals surface area contributed by atoms with Crippen LogP contribution in [0.2, 0.25) is 0 Å². The van der Waals surface area contributed by atoms with Crippen LogP contribution in [0.25, 0.3) is 16.7 Å². The van der Waals surface area contributed by atoms with Crippen molar-refractivity contribution in [1.82, 2.24) is 24.2 Å². The summed E-state index contributed by atoms with van der Waals surface area (Å²) in [5.74, 6) is -0.111. The summed E-state index contributed by atoms with van der Waals surface area (Å²) in [4.78, 5) is 31.5. The number of para-hydroxylation sites is 1. The molecule has 1 aliphatic rings. The Bertz CT molecular complexity index is 1050. The lowest BCUT2D eigenvalue weighted by Gasteiger charge is -2.31. The van der Waals surface area contributed by atoms with E-state index in [9.17, 15) is 9.59 Å². The molecule has 2 aromatic heterocycles. The summed E-state index contributed by atoms with van der Waals surface area (Å²) in [7, 11) is 0. The number of fused-ring (bicyclic) bond motifs is 1. The van der Waals surface area contributed by atoms with Gasteiger partial charge in [-0.1, -0.05) is 18.2 Å². The van der Waals surface area contributed by atoms with Gasteiger partial charge in [-0.05, 0) is 25.5 Å². The van der Waals surface area contributed by atoms with Gasteiger partial charge in [-0.2, -0.15) is 5.10 Å². The van der Waals surface area contributed by atoms with E-state index in [1.54, 1.807) is 9.58 Å². The molecule has 0 saturated carbocycles. The van der Waals surface area contributed by atoms with E-state index in [4.69, 9.17) is 4.74 Å². The summed E-state index contributed by atoms with van der Waals surface area (Å²) in [6.07, 6.45) is 2.94. The first-order chi connectivity index (χ1) is 13.0. The number of aryl methyl sites for hydroxylation is 1. The largest absolute Gasteiger partial charge is 0.375 e. The Labute approximate surface area is 156 Å². The smallest absolute Gasteiger partial charge is 0.264 e. The molecular weight excluding hydrogens is 346 g/mol. The van der Waals surface area contributed by atoms with Gasteiger partial charge in [0.25, 0.3) is 5.56 Å². The van der Waals surface area contributed by atoms with Crippen LogP contribution in [-0.2, 0) is 16.1 Å². The van der Waals surface area contributed by atoms with Gasteiger partial charge < -0.3 is 9.64 Å². The molecule has 8 heteroatoms. The molecule has 3 heterocycles. The molecule has 0 N–H and O–H groups in total. The summed E-state index contributed by atoms with van der Waals surface area (Å²) in [5, 5.41) is 4.73. The quantitative estimate of drug-likeness (QED) is 0.693. The molecule has 1 atom stereocenters. The van der Waals surface area contributed by atoms with Crippen LogP contribution in [0, 0.1) is 6.92 Å². The first-order valence-corrected chi connectivity index (χ1v) is 8.93. The van der Waals surface area contributed by atoms with E-state index in [0.717, 1.165) is 11.3 Å². The summed E-state index contributed by atoms with van der Waals surface area (Å²) in [6.45, 7) is 5.46. The van der Waals surface area contributed by atoms with E-state index < -0.39 is 0 Å². The fraction of sp³-hybridized carbons (Fsp3) is 0.368. The summed E-state index contributed by atoms with van der Waals surface area (Å²) >= 11 is 0. The van der Waals surface area contributed by atoms with E-state index in [0.29, 0.717) is 30.7 Å². The molecule has 0 spiro atoms. The third-order valence-corrected chi connectivity index (χ3v) is 4.80. The van der Waals surface area contributed by atoms with Crippen molar-refractivity contribution in [2.45, 2.75) is 26.5 Å². The molecule has 0 radical (unpaired) electrons. The van der Waals surface area contributed by atoms with Gasteiger partial charge in [0.15, 0.2) is 5.65 Å². The maximum absolute atomic E-state index is 12.8. The Morgan fingerprint density at radius 3 is 2.93 bits per heavy atom.